The summed E-state index contributed by atoms with van der Waals surface area (Å²) in [4.78, 5) is 48.6. The van der Waals surface area contributed by atoms with Crippen LogP contribution in [0, 0.1) is 0 Å². The van der Waals surface area contributed by atoms with E-state index in [1.54, 1.807) is 60.7 Å². The second kappa shape index (κ2) is 11.4. The molecule has 0 fully saturated rings. The van der Waals surface area contributed by atoms with Crippen LogP contribution >= 0.6 is 0 Å². The summed E-state index contributed by atoms with van der Waals surface area (Å²) in [5.74, 6) is -1.22. The number of carbonyl (C=O) groups excluding carboxylic acids is 4. The van der Waals surface area contributed by atoms with E-state index >= 15 is 0 Å². The van der Waals surface area contributed by atoms with Crippen molar-refractivity contribution in [1.82, 2.24) is 0 Å². The molecule has 3 rings (SSSR count). The zero-order chi connectivity index (χ0) is 24.5. The summed E-state index contributed by atoms with van der Waals surface area (Å²) in [6.07, 6.45) is 0. The Morgan fingerprint density at radius 2 is 1.50 bits per heavy atom. The number of hydrogen-bond acceptors (Lipinski definition) is 7. The van der Waals surface area contributed by atoms with Gasteiger partial charge in [0, 0.05) is 16.7 Å². The van der Waals surface area contributed by atoms with Gasteiger partial charge < -0.3 is 19.5 Å². The van der Waals surface area contributed by atoms with E-state index in [9.17, 15) is 19.2 Å². The van der Waals surface area contributed by atoms with Crippen molar-refractivity contribution in [2.24, 2.45) is 0 Å². The number of ether oxygens (including phenoxy) is 3. The van der Waals surface area contributed by atoms with E-state index < -0.39 is 25.1 Å². The lowest BCUT2D eigenvalue weighted by atomic mass is 10.0. The van der Waals surface area contributed by atoms with Crippen LogP contribution < -0.4 is 14.8 Å². The third kappa shape index (κ3) is 6.29. The number of hydrogen-bond donors (Lipinski definition) is 1. The highest BCUT2D eigenvalue weighted by Gasteiger charge is 2.16. The molecule has 3 aromatic carbocycles. The second-order valence-electron chi connectivity index (χ2n) is 7.16. The first-order valence-electron chi connectivity index (χ1n) is 10.3. The van der Waals surface area contributed by atoms with Crippen LogP contribution in [0.15, 0.2) is 72.8 Å². The standard InChI is InChI=1S/C26H23NO7/c1-17(28)19-12-13-22(23(14-19)32-2)33-16-25(30)34-15-24(29)27-21-11-7-6-10-20(21)26(31)18-8-4-3-5-9-18/h3-14H,15-16H2,1-2H3,(H,27,29). The zero-order valence-electron chi connectivity index (χ0n) is 18.7. The summed E-state index contributed by atoms with van der Waals surface area (Å²) < 4.78 is 15.5. The fraction of sp³-hybridized carbons (Fsp3) is 0.154. The Morgan fingerprint density at radius 3 is 2.21 bits per heavy atom. The van der Waals surface area contributed by atoms with Crippen molar-refractivity contribution in [3.8, 4) is 11.5 Å². The number of rotatable bonds is 10. The number of ketones is 2. The number of Topliss-reactive ketones (excluding diaryl/α,β-unsaturated/α-hetero) is 1. The van der Waals surface area contributed by atoms with Crippen molar-refractivity contribution < 1.29 is 33.4 Å². The lowest BCUT2D eigenvalue weighted by molar-refractivity contribution is -0.149. The van der Waals surface area contributed by atoms with E-state index in [4.69, 9.17) is 14.2 Å². The number of benzene rings is 3. The van der Waals surface area contributed by atoms with E-state index in [0.717, 1.165) is 0 Å². The van der Waals surface area contributed by atoms with Gasteiger partial charge in [0.1, 0.15) is 0 Å². The molecule has 0 unspecified atom stereocenters. The number of carbonyl (C=O) groups is 4. The highest BCUT2D eigenvalue weighted by Crippen LogP contribution is 2.28. The minimum absolute atomic E-state index is 0.137. The van der Waals surface area contributed by atoms with Crippen LogP contribution in [0.5, 0.6) is 11.5 Å². The van der Waals surface area contributed by atoms with Crippen molar-refractivity contribution in [2.45, 2.75) is 6.92 Å². The molecule has 0 aliphatic heterocycles. The first-order chi connectivity index (χ1) is 16.4. The van der Waals surface area contributed by atoms with E-state index in [2.05, 4.69) is 5.32 Å². The maximum absolute atomic E-state index is 12.8. The Labute approximate surface area is 196 Å². The van der Waals surface area contributed by atoms with Gasteiger partial charge in [-0.25, -0.2) is 4.79 Å². The molecule has 0 radical (unpaired) electrons. The molecule has 0 saturated heterocycles. The predicted molar refractivity (Wildman–Crippen MR) is 124 cm³/mol. The first kappa shape index (κ1) is 24.2. The molecule has 1 amide bonds. The van der Waals surface area contributed by atoms with Gasteiger partial charge >= 0.3 is 5.97 Å². The topological polar surface area (TPSA) is 108 Å². The molecule has 0 atom stereocenters. The molecule has 8 nitrogen and oxygen atoms in total. The molecule has 0 aromatic heterocycles. The summed E-state index contributed by atoms with van der Waals surface area (Å²) >= 11 is 0. The minimum atomic E-state index is -0.776. The second-order valence-corrected chi connectivity index (χ2v) is 7.16. The van der Waals surface area contributed by atoms with Gasteiger partial charge in [-0.2, -0.15) is 0 Å². The molecular weight excluding hydrogens is 438 g/mol. The number of methoxy groups -OCH3 is 1. The lowest BCUT2D eigenvalue weighted by Gasteiger charge is -2.12. The highest BCUT2D eigenvalue weighted by molar-refractivity contribution is 6.13. The van der Waals surface area contributed by atoms with Crippen LogP contribution in [0.4, 0.5) is 5.69 Å². The van der Waals surface area contributed by atoms with E-state index in [0.29, 0.717) is 22.4 Å². The molecule has 1 N–H and O–H groups in total. The minimum Gasteiger partial charge on any atom is -0.493 e. The molecule has 8 heteroatoms. The Bertz CT molecular complexity index is 1200. The maximum Gasteiger partial charge on any atom is 0.344 e. The van der Waals surface area contributed by atoms with Gasteiger partial charge in [-0.1, -0.05) is 42.5 Å². The Hall–Kier alpha value is -4.46. The van der Waals surface area contributed by atoms with Crippen molar-refractivity contribution in [3.05, 3.63) is 89.5 Å². The van der Waals surface area contributed by atoms with Gasteiger partial charge in [0.25, 0.3) is 5.91 Å². The van der Waals surface area contributed by atoms with Crippen LogP contribution in [0.3, 0.4) is 0 Å². The summed E-state index contributed by atoms with van der Waals surface area (Å²) in [5, 5.41) is 2.60. The summed E-state index contributed by atoms with van der Waals surface area (Å²) in [7, 11) is 1.41. The van der Waals surface area contributed by atoms with Gasteiger partial charge in [-0.05, 0) is 37.3 Å². The fourth-order valence-corrected chi connectivity index (χ4v) is 3.05. The number of anilines is 1. The summed E-state index contributed by atoms with van der Waals surface area (Å²) in [6.45, 7) is 0.399. The van der Waals surface area contributed by atoms with Crippen molar-refractivity contribution >= 4 is 29.1 Å². The maximum atomic E-state index is 12.8. The first-order valence-corrected chi connectivity index (χ1v) is 10.3. The van der Waals surface area contributed by atoms with Gasteiger partial charge in [-0.3, -0.25) is 14.4 Å². The smallest absolute Gasteiger partial charge is 0.344 e. The third-order valence-corrected chi connectivity index (χ3v) is 4.76. The van der Waals surface area contributed by atoms with E-state index in [-0.39, 0.29) is 23.1 Å². The molecule has 0 bridgehead atoms. The molecule has 0 saturated carbocycles. The Kier molecular flexibility index (Phi) is 8.12. The molecule has 0 spiro atoms. The van der Waals surface area contributed by atoms with Crippen LogP contribution in [0.1, 0.15) is 33.2 Å². The summed E-state index contributed by atoms with van der Waals surface area (Å²) in [5.41, 5.74) is 1.55. The number of amides is 1. The van der Waals surface area contributed by atoms with Crippen molar-refractivity contribution in [2.75, 3.05) is 25.6 Å². The quantitative estimate of drug-likeness (QED) is 0.362. The van der Waals surface area contributed by atoms with Gasteiger partial charge in [0.05, 0.1) is 12.8 Å². The van der Waals surface area contributed by atoms with Crippen molar-refractivity contribution in [3.63, 3.8) is 0 Å². The molecule has 0 heterocycles. The molecule has 34 heavy (non-hydrogen) atoms. The normalized spacial score (nSPS) is 10.2. The number of para-hydroxylation sites is 1. The molecular formula is C26H23NO7. The lowest BCUT2D eigenvalue weighted by Crippen LogP contribution is -2.24. The number of nitrogens with one attached hydrogen (secondary N) is 1. The Morgan fingerprint density at radius 1 is 0.794 bits per heavy atom. The largest absolute Gasteiger partial charge is 0.493 e. The predicted octanol–water partition coefficient (Wildman–Crippen LogP) is 3.69. The van der Waals surface area contributed by atoms with Gasteiger partial charge in [0.15, 0.2) is 36.3 Å². The zero-order valence-corrected chi connectivity index (χ0v) is 18.7. The van der Waals surface area contributed by atoms with Gasteiger partial charge in [-0.15, -0.1) is 0 Å². The Balaban J connectivity index is 1.55. The van der Waals surface area contributed by atoms with Crippen molar-refractivity contribution in [1.29, 1.82) is 0 Å². The fourth-order valence-electron chi connectivity index (χ4n) is 3.05. The molecule has 174 valence electrons. The SMILES string of the molecule is COc1cc(C(C)=O)ccc1OCC(=O)OCC(=O)Nc1ccccc1C(=O)c1ccccc1. The van der Waals surface area contributed by atoms with Crippen LogP contribution in [0.25, 0.3) is 0 Å². The summed E-state index contributed by atoms with van der Waals surface area (Å²) in [6, 6.07) is 19.8. The highest BCUT2D eigenvalue weighted by atomic mass is 16.6. The van der Waals surface area contributed by atoms with Crippen LogP contribution in [0.2, 0.25) is 0 Å². The van der Waals surface area contributed by atoms with E-state index in [1.165, 1.54) is 26.2 Å². The third-order valence-electron chi connectivity index (χ3n) is 4.76. The van der Waals surface area contributed by atoms with Gasteiger partial charge in [0.2, 0.25) is 0 Å². The average Bonchev–Trinajstić information content (AvgIpc) is 2.86. The molecule has 3 aromatic rings. The monoisotopic (exact) mass is 461 g/mol. The van der Waals surface area contributed by atoms with Crippen LogP contribution in [-0.4, -0.2) is 43.8 Å². The molecule has 0 aliphatic carbocycles. The average molecular weight is 461 g/mol. The number of esters is 1. The molecule has 0 aliphatic rings. The van der Waals surface area contributed by atoms with E-state index in [1.807, 2.05) is 0 Å². The van der Waals surface area contributed by atoms with Crippen LogP contribution in [-0.2, 0) is 14.3 Å².